The van der Waals surface area contributed by atoms with Crippen molar-refractivity contribution < 1.29 is 31.8 Å². The number of amides is 1. The normalized spacial score (nSPS) is 10.9. The van der Waals surface area contributed by atoms with E-state index in [1.807, 2.05) is 0 Å². The van der Waals surface area contributed by atoms with Gasteiger partial charge in [-0.1, -0.05) is 29.4 Å². The fraction of sp³-hybridized carbons (Fsp3) is 0.188. The van der Waals surface area contributed by atoms with Crippen LogP contribution in [0.15, 0.2) is 41.3 Å². The van der Waals surface area contributed by atoms with Crippen molar-refractivity contribution in [3.05, 3.63) is 47.0 Å². The summed E-state index contributed by atoms with van der Waals surface area (Å²) < 4.78 is 59.5. The molecule has 0 radical (unpaired) electrons. The van der Waals surface area contributed by atoms with Gasteiger partial charge in [0, 0.05) is 5.56 Å². The Bertz CT molecular complexity index is 792. The van der Waals surface area contributed by atoms with Gasteiger partial charge >= 0.3 is 6.61 Å². The number of benzene rings is 2. The number of carbonyl (C=O) groups is 1. The van der Waals surface area contributed by atoms with E-state index >= 15 is 0 Å². The Balaban J connectivity index is 2.29. The summed E-state index contributed by atoms with van der Waals surface area (Å²) in [6.07, 6.45) is 0. The highest BCUT2D eigenvalue weighted by atomic mass is 35.5. The van der Waals surface area contributed by atoms with Gasteiger partial charge in [-0.05, 0) is 30.3 Å². The molecule has 10 heteroatoms. The molecular weight excluding hydrogens is 398 g/mol. The monoisotopic (exact) mass is 409 g/mol. The minimum absolute atomic E-state index is 0.00455. The van der Waals surface area contributed by atoms with Crippen LogP contribution in [0, 0.1) is 0 Å². The van der Waals surface area contributed by atoms with Crippen molar-refractivity contribution >= 4 is 35.0 Å². The van der Waals surface area contributed by atoms with Crippen molar-refractivity contribution in [2.75, 3.05) is 12.4 Å². The SMILES string of the molecule is COc1ccc(C(=O)Nc2cccc(Cl)c2SC(F)F)cc1OC(F)F. The summed E-state index contributed by atoms with van der Waals surface area (Å²) in [5.74, 6) is -3.77. The molecule has 0 aliphatic rings. The number of thioether (sulfide) groups is 1. The summed E-state index contributed by atoms with van der Waals surface area (Å²) in [5.41, 5.74) is 0.0365. The quantitative estimate of drug-likeness (QED) is 0.483. The molecule has 1 amide bonds. The van der Waals surface area contributed by atoms with Gasteiger partial charge < -0.3 is 14.8 Å². The van der Waals surface area contributed by atoms with E-state index in [2.05, 4.69) is 10.1 Å². The average molecular weight is 410 g/mol. The molecule has 0 heterocycles. The summed E-state index contributed by atoms with van der Waals surface area (Å²) in [6, 6.07) is 7.94. The zero-order valence-corrected chi connectivity index (χ0v) is 14.7. The topological polar surface area (TPSA) is 47.6 Å². The van der Waals surface area contributed by atoms with Crippen LogP contribution in [0.4, 0.5) is 23.2 Å². The number of hydrogen-bond acceptors (Lipinski definition) is 4. The van der Waals surface area contributed by atoms with Crippen molar-refractivity contribution in [2.24, 2.45) is 0 Å². The second-order valence-corrected chi connectivity index (χ2v) is 6.10. The summed E-state index contributed by atoms with van der Waals surface area (Å²) in [7, 11) is 1.26. The minimum Gasteiger partial charge on any atom is -0.493 e. The number of methoxy groups -OCH3 is 1. The van der Waals surface area contributed by atoms with E-state index in [1.54, 1.807) is 0 Å². The molecule has 0 unspecified atom stereocenters. The summed E-state index contributed by atoms with van der Waals surface area (Å²) >= 11 is 6.08. The Labute approximate surface area is 155 Å². The predicted octanol–water partition coefficient (Wildman–Crippen LogP) is 5.52. The zero-order chi connectivity index (χ0) is 19.3. The Kier molecular flexibility index (Phi) is 6.98. The fourth-order valence-electron chi connectivity index (χ4n) is 2.02. The van der Waals surface area contributed by atoms with Gasteiger partial charge in [-0.15, -0.1) is 0 Å². The molecular formula is C16H12ClF4NO3S. The standard InChI is InChI=1S/C16H12ClF4NO3S/c1-24-11-6-5-8(7-12(11)25-15(18)19)14(23)22-10-4-2-3-9(17)13(10)26-16(20)21/h2-7,15-16H,1H3,(H,22,23). The average Bonchev–Trinajstić information content (AvgIpc) is 2.57. The van der Waals surface area contributed by atoms with Gasteiger partial charge in [0.15, 0.2) is 11.5 Å². The molecule has 0 fully saturated rings. The number of nitrogens with one attached hydrogen (secondary N) is 1. The molecule has 0 spiro atoms. The van der Waals surface area contributed by atoms with E-state index in [9.17, 15) is 22.4 Å². The second-order valence-electron chi connectivity index (χ2n) is 4.69. The van der Waals surface area contributed by atoms with Crippen molar-refractivity contribution in [1.29, 1.82) is 0 Å². The number of rotatable bonds is 7. The molecule has 0 saturated carbocycles. The van der Waals surface area contributed by atoms with Crippen LogP contribution in [0.3, 0.4) is 0 Å². The maximum absolute atomic E-state index is 12.7. The number of hydrogen-bond donors (Lipinski definition) is 1. The van der Waals surface area contributed by atoms with E-state index in [0.717, 1.165) is 6.07 Å². The highest BCUT2D eigenvalue weighted by Gasteiger charge is 2.18. The van der Waals surface area contributed by atoms with Crippen LogP contribution < -0.4 is 14.8 Å². The number of carbonyl (C=O) groups excluding carboxylic acids is 1. The van der Waals surface area contributed by atoms with E-state index in [-0.39, 0.29) is 44.4 Å². The predicted molar refractivity (Wildman–Crippen MR) is 90.9 cm³/mol. The third kappa shape index (κ3) is 5.18. The summed E-state index contributed by atoms with van der Waals surface area (Å²) in [4.78, 5) is 12.4. The lowest BCUT2D eigenvalue weighted by molar-refractivity contribution is -0.0512. The first-order chi connectivity index (χ1) is 12.3. The first kappa shape index (κ1) is 20.2. The molecule has 26 heavy (non-hydrogen) atoms. The third-order valence-electron chi connectivity index (χ3n) is 3.06. The highest BCUT2D eigenvalue weighted by Crippen LogP contribution is 2.38. The fourth-order valence-corrected chi connectivity index (χ4v) is 2.93. The summed E-state index contributed by atoms with van der Waals surface area (Å²) in [6.45, 7) is -3.11. The van der Waals surface area contributed by atoms with Gasteiger partial charge in [-0.3, -0.25) is 4.79 Å². The number of ether oxygens (including phenoxy) is 2. The molecule has 0 aromatic heterocycles. The smallest absolute Gasteiger partial charge is 0.387 e. The van der Waals surface area contributed by atoms with Crippen LogP contribution in [-0.4, -0.2) is 25.4 Å². The molecule has 0 atom stereocenters. The molecule has 140 valence electrons. The lowest BCUT2D eigenvalue weighted by Gasteiger charge is -2.14. The molecule has 2 aromatic rings. The van der Waals surface area contributed by atoms with Gasteiger partial charge in [-0.25, -0.2) is 0 Å². The van der Waals surface area contributed by atoms with Gasteiger partial charge in [0.05, 0.1) is 22.7 Å². The zero-order valence-electron chi connectivity index (χ0n) is 13.1. The Hall–Kier alpha value is -2.13. The molecule has 0 aliphatic carbocycles. The van der Waals surface area contributed by atoms with E-state index < -0.39 is 18.3 Å². The van der Waals surface area contributed by atoms with Crippen LogP contribution in [-0.2, 0) is 0 Å². The van der Waals surface area contributed by atoms with Gasteiger partial charge in [0.25, 0.3) is 11.7 Å². The minimum atomic E-state index is -3.11. The molecule has 0 bridgehead atoms. The largest absolute Gasteiger partial charge is 0.493 e. The van der Waals surface area contributed by atoms with Gasteiger partial charge in [-0.2, -0.15) is 17.6 Å². The maximum Gasteiger partial charge on any atom is 0.387 e. The van der Waals surface area contributed by atoms with Crippen LogP contribution in [0.1, 0.15) is 10.4 Å². The Morgan fingerprint density at radius 3 is 2.50 bits per heavy atom. The maximum atomic E-state index is 12.7. The van der Waals surface area contributed by atoms with Crippen LogP contribution >= 0.6 is 23.4 Å². The first-order valence-electron chi connectivity index (χ1n) is 6.99. The summed E-state index contributed by atoms with van der Waals surface area (Å²) in [5, 5.41) is 2.48. The third-order valence-corrected chi connectivity index (χ3v) is 4.34. The van der Waals surface area contributed by atoms with Crippen LogP contribution in [0.5, 0.6) is 11.5 Å². The van der Waals surface area contributed by atoms with Crippen molar-refractivity contribution in [3.8, 4) is 11.5 Å². The van der Waals surface area contributed by atoms with Gasteiger partial charge in [0.2, 0.25) is 0 Å². The van der Waals surface area contributed by atoms with Crippen molar-refractivity contribution in [1.82, 2.24) is 0 Å². The number of halogens is 5. The number of alkyl halides is 4. The molecule has 2 aromatic carbocycles. The Morgan fingerprint density at radius 2 is 1.88 bits per heavy atom. The highest BCUT2D eigenvalue weighted by molar-refractivity contribution is 7.99. The van der Waals surface area contributed by atoms with Crippen LogP contribution in [0.25, 0.3) is 0 Å². The molecule has 0 aliphatic heterocycles. The number of anilines is 1. The van der Waals surface area contributed by atoms with Gasteiger partial charge in [0.1, 0.15) is 0 Å². The second kappa shape index (κ2) is 9.00. The van der Waals surface area contributed by atoms with Crippen LogP contribution in [0.2, 0.25) is 5.02 Å². The molecule has 1 N–H and O–H groups in total. The van der Waals surface area contributed by atoms with Crippen molar-refractivity contribution in [2.45, 2.75) is 17.3 Å². The molecule has 2 rings (SSSR count). The van der Waals surface area contributed by atoms with E-state index in [0.29, 0.717) is 0 Å². The first-order valence-corrected chi connectivity index (χ1v) is 8.25. The molecule has 0 saturated heterocycles. The van der Waals surface area contributed by atoms with E-state index in [1.165, 1.54) is 37.4 Å². The van der Waals surface area contributed by atoms with Crippen molar-refractivity contribution in [3.63, 3.8) is 0 Å². The Morgan fingerprint density at radius 1 is 1.15 bits per heavy atom. The van der Waals surface area contributed by atoms with E-state index in [4.69, 9.17) is 16.3 Å². The lowest BCUT2D eigenvalue weighted by atomic mass is 10.2. The molecule has 4 nitrogen and oxygen atoms in total. The lowest BCUT2D eigenvalue weighted by Crippen LogP contribution is -2.13.